The molecule has 0 rings (SSSR count). The number of aliphatic hydroxyl groups excluding tert-OH is 1. The molecule has 53 heavy (non-hydrogen) atoms. The molecule has 0 bridgehead atoms. The Hall–Kier alpha value is -2.84. The molecule has 0 aromatic carbocycles. The molecule has 0 saturated heterocycles. The average Bonchev–Trinajstić information content (AvgIpc) is 3.10. The van der Waals surface area contributed by atoms with Gasteiger partial charge >= 0.3 is 7.82 Å². The Labute approximate surface area is 323 Å². The molecule has 0 heterocycles. The van der Waals surface area contributed by atoms with E-state index in [1.54, 1.807) is 6.08 Å². The SMILES string of the molecule is CC/C=C\C/C=C\C/C=C\C/C=C\C/C=C\C/C=C\CCC(=O)NC(COP(=O)(O)OCC[N+](C)(C)C)C(O)/C=C/CC/C=C/CC/C=C/CCCC. The zero-order valence-corrected chi connectivity index (χ0v) is 34.6. The van der Waals surface area contributed by atoms with Gasteiger partial charge in [0.05, 0.1) is 39.9 Å². The van der Waals surface area contributed by atoms with Crippen LogP contribution in [-0.2, 0) is 18.4 Å². The van der Waals surface area contributed by atoms with E-state index >= 15 is 0 Å². The van der Waals surface area contributed by atoms with Crippen molar-refractivity contribution in [2.75, 3.05) is 40.9 Å². The normalized spacial score (nSPS) is 15.7. The van der Waals surface area contributed by atoms with Gasteiger partial charge in [-0.2, -0.15) is 0 Å². The maximum Gasteiger partial charge on any atom is 0.472 e. The fourth-order valence-corrected chi connectivity index (χ4v) is 5.28. The summed E-state index contributed by atoms with van der Waals surface area (Å²) >= 11 is 0. The van der Waals surface area contributed by atoms with Crippen LogP contribution in [0.5, 0.6) is 0 Å². The Morgan fingerprint density at radius 2 is 1.11 bits per heavy atom. The van der Waals surface area contributed by atoms with Gasteiger partial charge in [-0.15, -0.1) is 0 Å². The first-order chi connectivity index (χ1) is 25.5. The van der Waals surface area contributed by atoms with E-state index in [4.69, 9.17) is 9.05 Å². The highest BCUT2D eigenvalue weighted by atomic mass is 31.2. The lowest BCUT2D eigenvalue weighted by atomic mass is 10.1. The third-order valence-electron chi connectivity index (χ3n) is 7.72. The van der Waals surface area contributed by atoms with Crippen LogP contribution in [0.3, 0.4) is 0 Å². The van der Waals surface area contributed by atoms with Crippen molar-refractivity contribution >= 4 is 13.7 Å². The van der Waals surface area contributed by atoms with Gasteiger partial charge in [0.25, 0.3) is 0 Å². The van der Waals surface area contributed by atoms with Crippen molar-refractivity contribution in [3.05, 3.63) is 109 Å². The minimum atomic E-state index is -4.37. The van der Waals surface area contributed by atoms with Gasteiger partial charge in [0.2, 0.25) is 5.91 Å². The van der Waals surface area contributed by atoms with Crippen molar-refractivity contribution in [2.45, 2.75) is 122 Å². The standard InChI is InChI=1S/C44H73N2O6P/c1-6-8-10-12-14-16-18-20-21-22-23-24-25-26-28-30-32-34-36-38-44(48)45-42(41-52-53(49,50)51-40-39-46(3,4)5)43(47)37-35-33-31-29-27-19-17-15-13-11-9-7-2/h8,10,13-16,20-21,23-24,26-29,32,34-35,37,42-43,47H,6-7,9,11-12,17-19,22,25,30-31,33,36,38-41H2,1-5H3,(H-,45,48,49,50)/p+1/b10-8-,15-13+,16-14-,21-20-,24-23-,28-26-,29-27+,34-32-,37-35+. The minimum absolute atomic E-state index is 0.0331. The van der Waals surface area contributed by atoms with Gasteiger partial charge in [-0.25, -0.2) is 4.57 Å². The number of hydrogen-bond acceptors (Lipinski definition) is 5. The number of nitrogens with one attached hydrogen (secondary N) is 1. The van der Waals surface area contributed by atoms with Gasteiger partial charge in [-0.3, -0.25) is 13.8 Å². The number of likely N-dealkylation sites (N-methyl/N-ethyl adjacent to an activating group) is 1. The first-order valence-corrected chi connectivity index (χ1v) is 21.3. The van der Waals surface area contributed by atoms with Gasteiger partial charge in [0.15, 0.2) is 0 Å². The van der Waals surface area contributed by atoms with E-state index in [9.17, 15) is 19.4 Å². The third kappa shape index (κ3) is 37.3. The quantitative estimate of drug-likeness (QED) is 0.0266. The maximum absolute atomic E-state index is 12.8. The fourth-order valence-electron chi connectivity index (χ4n) is 4.55. The smallest absolute Gasteiger partial charge is 0.387 e. The zero-order chi connectivity index (χ0) is 39.3. The molecule has 8 nitrogen and oxygen atoms in total. The molecule has 9 heteroatoms. The van der Waals surface area contributed by atoms with Crippen molar-refractivity contribution in [1.29, 1.82) is 0 Å². The lowest BCUT2D eigenvalue weighted by Gasteiger charge is -2.25. The summed E-state index contributed by atoms with van der Waals surface area (Å²) in [6.45, 7) is 4.51. The van der Waals surface area contributed by atoms with Crippen molar-refractivity contribution in [2.24, 2.45) is 0 Å². The molecule has 0 spiro atoms. The Kier molecular flexibility index (Phi) is 33.0. The molecule has 0 aromatic rings. The van der Waals surface area contributed by atoms with Crippen LogP contribution in [0.1, 0.15) is 110 Å². The minimum Gasteiger partial charge on any atom is -0.387 e. The molecule has 0 radical (unpaired) electrons. The van der Waals surface area contributed by atoms with Crippen LogP contribution in [-0.4, -0.2) is 73.4 Å². The molecule has 0 aromatic heterocycles. The topological polar surface area (TPSA) is 105 Å². The van der Waals surface area contributed by atoms with Crippen molar-refractivity contribution in [1.82, 2.24) is 5.32 Å². The molecule has 0 fully saturated rings. The summed E-state index contributed by atoms with van der Waals surface area (Å²) in [6.07, 6.45) is 50.3. The van der Waals surface area contributed by atoms with Crippen molar-refractivity contribution in [3.8, 4) is 0 Å². The number of nitrogens with zero attached hydrogens (tertiary/aromatic N) is 1. The van der Waals surface area contributed by atoms with Crippen molar-refractivity contribution < 1.29 is 32.9 Å². The van der Waals surface area contributed by atoms with Crippen LogP contribution in [0.4, 0.5) is 0 Å². The number of quaternary nitrogens is 1. The first kappa shape index (κ1) is 50.2. The Morgan fingerprint density at radius 3 is 1.60 bits per heavy atom. The summed E-state index contributed by atoms with van der Waals surface area (Å²) in [5.41, 5.74) is 0. The van der Waals surface area contributed by atoms with Gasteiger partial charge in [-0.05, 0) is 77.0 Å². The van der Waals surface area contributed by atoms with Crippen molar-refractivity contribution in [3.63, 3.8) is 0 Å². The van der Waals surface area contributed by atoms with Crippen LogP contribution in [0.2, 0.25) is 0 Å². The summed E-state index contributed by atoms with van der Waals surface area (Å²) in [5.74, 6) is -0.282. The number of carbonyl (C=O) groups excluding carboxylic acids is 1. The lowest BCUT2D eigenvalue weighted by Crippen LogP contribution is -2.45. The number of phosphoric ester groups is 1. The number of hydrogen-bond donors (Lipinski definition) is 3. The molecular weight excluding hydrogens is 683 g/mol. The molecular formula is C44H74N2O6P+. The summed E-state index contributed by atoms with van der Waals surface area (Å²) in [4.78, 5) is 23.0. The summed E-state index contributed by atoms with van der Waals surface area (Å²) in [6, 6.07) is -0.915. The van der Waals surface area contributed by atoms with Crippen LogP contribution < -0.4 is 5.32 Å². The second-order valence-electron chi connectivity index (χ2n) is 13.9. The summed E-state index contributed by atoms with van der Waals surface area (Å²) in [7, 11) is 1.47. The predicted molar refractivity (Wildman–Crippen MR) is 225 cm³/mol. The maximum atomic E-state index is 12.8. The molecule has 3 unspecified atom stereocenters. The number of carbonyl (C=O) groups is 1. The molecule has 0 aliphatic carbocycles. The molecule has 1 amide bonds. The third-order valence-corrected chi connectivity index (χ3v) is 8.70. The van der Waals surface area contributed by atoms with Crippen LogP contribution in [0.25, 0.3) is 0 Å². The highest BCUT2D eigenvalue weighted by Gasteiger charge is 2.27. The second kappa shape index (κ2) is 34.9. The number of rotatable bonds is 33. The summed E-state index contributed by atoms with van der Waals surface area (Å²) in [5, 5.41) is 13.7. The van der Waals surface area contributed by atoms with E-state index in [2.05, 4.69) is 104 Å². The molecule has 0 saturated carbocycles. The van der Waals surface area contributed by atoms with Gasteiger partial charge < -0.3 is 19.8 Å². The van der Waals surface area contributed by atoms with Gasteiger partial charge in [0.1, 0.15) is 13.2 Å². The second-order valence-corrected chi connectivity index (χ2v) is 15.4. The van der Waals surface area contributed by atoms with E-state index in [0.29, 0.717) is 17.4 Å². The van der Waals surface area contributed by atoms with E-state index in [-0.39, 0.29) is 25.5 Å². The number of unbranched alkanes of at least 4 members (excludes halogenated alkanes) is 4. The zero-order valence-electron chi connectivity index (χ0n) is 33.7. The highest BCUT2D eigenvalue weighted by Crippen LogP contribution is 2.43. The molecule has 3 N–H and O–H groups in total. The molecule has 0 aliphatic heterocycles. The molecule has 3 atom stereocenters. The van der Waals surface area contributed by atoms with Crippen LogP contribution in [0.15, 0.2) is 109 Å². The first-order valence-electron chi connectivity index (χ1n) is 19.8. The number of aliphatic hydroxyl groups is 1. The largest absolute Gasteiger partial charge is 0.472 e. The average molecular weight is 758 g/mol. The summed E-state index contributed by atoms with van der Waals surface area (Å²) < 4.78 is 23.4. The van der Waals surface area contributed by atoms with Gasteiger partial charge in [0, 0.05) is 6.42 Å². The van der Waals surface area contributed by atoms with E-state index in [0.717, 1.165) is 70.6 Å². The molecule has 300 valence electrons. The van der Waals surface area contributed by atoms with Crippen LogP contribution in [0, 0.1) is 0 Å². The highest BCUT2D eigenvalue weighted by molar-refractivity contribution is 7.47. The van der Waals surface area contributed by atoms with E-state index in [1.807, 2.05) is 39.4 Å². The molecule has 0 aliphatic rings. The Bertz CT molecular complexity index is 1220. The van der Waals surface area contributed by atoms with E-state index in [1.165, 1.54) is 12.8 Å². The lowest BCUT2D eigenvalue weighted by molar-refractivity contribution is -0.870. The Balaban J connectivity index is 4.72. The number of amides is 1. The number of allylic oxidation sites excluding steroid dienone is 17. The van der Waals surface area contributed by atoms with Gasteiger partial charge in [-0.1, -0.05) is 136 Å². The Morgan fingerprint density at radius 1 is 0.660 bits per heavy atom. The monoisotopic (exact) mass is 758 g/mol. The number of phosphoric acid groups is 1. The van der Waals surface area contributed by atoms with E-state index < -0.39 is 20.0 Å². The fraction of sp³-hybridized carbons (Fsp3) is 0.568. The predicted octanol–water partition coefficient (Wildman–Crippen LogP) is 10.6. The van der Waals surface area contributed by atoms with Crippen LogP contribution >= 0.6 is 7.82 Å².